The molecule has 4 heteroatoms. The Morgan fingerprint density at radius 3 is 2.23 bits per heavy atom. The number of alkyl halides is 2. The zero-order chi connectivity index (χ0) is 10.3. The predicted octanol–water partition coefficient (Wildman–Crippen LogP) is 1.64. The van der Waals surface area contributed by atoms with E-state index in [4.69, 9.17) is 7.85 Å². The van der Waals surface area contributed by atoms with Gasteiger partial charge in [-0.15, -0.1) is 0 Å². The number of hydrogen-bond donors (Lipinski definition) is 0. The molecule has 0 saturated heterocycles. The highest BCUT2D eigenvalue weighted by Gasteiger charge is 2.00. The lowest BCUT2D eigenvalue weighted by molar-refractivity contribution is 0.102. The summed E-state index contributed by atoms with van der Waals surface area (Å²) >= 11 is 3.09. The van der Waals surface area contributed by atoms with E-state index in [-0.39, 0.29) is 5.78 Å². The third-order valence-corrected chi connectivity index (χ3v) is 1.86. The number of carbonyl (C=O) groups excluding carboxylic acids is 1. The minimum Gasteiger partial charge on any atom is -0.293 e. The molecule has 68 valence electrons. The van der Waals surface area contributed by atoms with Crippen molar-refractivity contribution in [2.75, 3.05) is 12.5 Å². The van der Waals surface area contributed by atoms with Crippen molar-refractivity contribution in [2.45, 2.75) is 0 Å². The monoisotopic (exact) mass is 242 g/mol. The first-order valence-electron chi connectivity index (χ1n) is 3.56. The van der Waals surface area contributed by atoms with Crippen molar-refractivity contribution in [1.29, 1.82) is 0 Å². The average molecular weight is 243 g/mol. The summed E-state index contributed by atoms with van der Waals surface area (Å²) in [6.07, 6.45) is 0. The summed E-state index contributed by atoms with van der Waals surface area (Å²) < 4.78 is 9.50. The summed E-state index contributed by atoms with van der Waals surface area (Å²) in [5, 5.41) is 0.358. The summed E-state index contributed by atoms with van der Waals surface area (Å²) in [7, 11) is 5.95. The quantitative estimate of drug-likeness (QED) is 0.438. The van der Waals surface area contributed by atoms with Gasteiger partial charge in [-0.25, -0.2) is 0 Å². The fourth-order valence-corrected chi connectivity index (χ4v) is 1.07. The van der Waals surface area contributed by atoms with Gasteiger partial charge in [0.15, 0.2) is 5.78 Å². The first kappa shape index (κ1) is 12.4. The molecule has 0 fully saturated rings. The first-order valence-corrected chi connectivity index (χ1v) is 4.68. The Morgan fingerprint density at radius 1 is 1.38 bits per heavy atom. The minimum atomic E-state index is 0.0741. The number of hydrogen-bond acceptors (Lipinski definition) is 1. The van der Waals surface area contributed by atoms with Crippen LogP contribution in [0.2, 0.25) is 0 Å². The molecule has 0 bridgehead atoms. The van der Waals surface area contributed by atoms with E-state index in [1.54, 1.807) is 24.3 Å². The SMILES string of the molecule is CF.[B]c1ccc(C(=O)CBr)cc1. The topological polar surface area (TPSA) is 17.1 Å². The van der Waals surface area contributed by atoms with Crippen molar-refractivity contribution in [3.8, 4) is 0 Å². The number of ketones is 1. The molecular weight excluding hydrogens is 234 g/mol. The third-order valence-electron chi connectivity index (χ3n) is 1.35. The summed E-state index contributed by atoms with van der Waals surface area (Å²) in [6.45, 7) is 0. The standard InChI is InChI=1S/C8H6BBrO.CH3F/c9-7-3-1-6(2-4-7)8(11)5-10;1-2/h1-4H,5H2;1H3. The van der Waals surface area contributed by atoms with E-state index in [0.717, 1.165) is 0 Å². The van der Waals surface area contributed by atoms with E-state index in [9.17, 15) is 9.18 Å². The van der Waals surface area contributed by atoms with Gasteiger partial charge in [-0.05, 0) is 0 Å². The molecule has 0 aromatic heterocycles. The Hall–Kier alpha value is -0.635. The smallest absolute Gasteiger partial charge is 0.173 e. The lowest BCUT2D eigenvalue weighted by Gasteiger charge is -1.96. The number of Topliss-reactive ketones (excluding diaryl/α,β-unsaturated/α-hetero) is 1. The van der Waals surface area contributed by atoms with Gasteiger partial charge in [-0.1, -0.05) is 45.7 Å². The molecule has 0 saturated carbocycles. The van der Waals surface area contributed by atoms with E-state index >= 15 is 0 Å². The number of rotatable bonds is 2. The fraction of sp³-hybridized carbons (Fsp3) is 0.222. The summed E-state index contributed by atoms with van der Waals surface area (Å²) in [5.74, 6) is 0.0741. The zero-order valence-corrected chi connectivity index (χ0v) is 8.84. The largest absolute Gasteiger partial charge is 0.293 e. The van der Waals surface area contributed by atoms with Gasteiger partial charge in [0.1, 0.15) is 7.85 Å². The first-order chi connectivity index (χ1) is 6.24. The van der Waals surface area contributed by atoms with E-state index in [1.807, 2.05) is 0 Å². The van der Waals surface area contributed by atoms with Crippen LogP contribution < -0.4 is 5.46 Å². The highest BCUT2D eigenvalue weighted by Crippen LogP contribution is 1.99. The Bertz CT molecular complexity index is 261. The van der Waals surface area contributed by atoms with Crippen molar-refractivity contribution in [2.24, 2.45) is 0 Å². The zero-order valence-electron chi connectivity index (χ0n) is 7.26. The third kappa shape index (κ3) is 4.22. The molecule has 0 aliphatic rings. The Labute approximate surface area is 86.9 Å². The lowest BCUT2D eigenvalue weighted by Crippen LogP contribution is -2.05. The number of benzene rings is 1. The molecular formula is C9H9BBrFO. The van der Waals surface area contributed by atoms with Crippen molar-refractivity contribution in [3.05, 3.63) is 29.8 Å². The predicted molar refractivity (Wildman–Crippen MR) is 57.0 cm³/mol. The second-order valence-corrected chi connectivity index (χ2v) is 2.74. The van der Waals surface area contributed by atoms with Gasteiger partial charge in [-0.3, -0.25) is 9.18 Å². The van der Waals surface area contributed by atoms with E-state index in [2.05, 4.69) is 15.9 Å². The highest BCUT2D eigenvalue weighted by atomic mass is 79.9. The average Bonchev–Trinajstić information content (AvgIpc) is 2.21. The molecule has 2 radical (unpaired) electrons. The highest BCUT2D eigenvalue weighted by molar-refractivity contribution is 9.09. The maximum Gasteiger partial charge on any atom is 0.173 e. The summed E-state index contributed by atoms with van der Waals surface area (Å²) in [5.41, 5.74) is 1.37. The summed E-state index contributed by atoms with van der Waals surface area (Å²) in [6, 6.07) is 6.88. The Kier molecular flexibility index (Phi) is 6.50. The van der Waals surface area contributed by atoms with Crippen molar-refractivity contribution < 1.29 is 9.18 Å². The van der Waals surface area contributed by atoms with Crippen LogP contribution in [0.4, 0.5) is 4.39 Å². The van der Waals surface area contributed by atoms with Crippen LogP contribution in [-0.4, -0.2) is 26.1 Å². The Morgan fingerprint density at radius 2 is 1.85 bits per heavy atom. The maximum atomic E-state index is 11.0. The van der Waals surface area contributed by atoms with E-state index < -0.39 is 0 Å². The van der Waals surface area contributed by atoms with Crippen LogP contribution in [0, 0.1) is 0 Å². The van der Waals surface area contributed by atoms with Crippen LogP contribution in [0.15, 0.2) is 24.3 Å². The van der Waals surface area contributed by atoms with Crippen LogP contribution in [-0.2, 0) is 0 Å². The van der Waals surface area contributed by atoms with Crippen LogP contribution in [0.5, 0.6) is 0 Å². The van der Waals surface area contributed by atoms with Gasteiger partial charge in [0.05, 0.1) is 12.5 Å². The van der Waals surface area contributed by atoms with Gasteiger partial charge in [0.2, 0.25) is 0 Å². The molecule has 0 amide bonds. The minimum absolute atomic E-state index is 0.0741. The normalized spacial score (nSPS) is 8.54. The second-order valence-electron chi connectivity index (χ2n) is 2.18. The molecule has 1 aromatic rings. The molecule has 0 spiro atoms. The summed E-state index contributed by atoms with van der Waals surface area (Å²) in [4.78, 5) is 11.0. The molecule has 1 nitrogen and oxygen atoms in total. The van der Waals surface area contributed by atoms with Crippen molar-refractivity contribution in [1.82, 2.24) is 0 Å². The lowest BCUT2D eigenvalue weighted by atomic mass is 9.95. The molecule has 1 aromatic carbocycles. The van der Waals surface area contributed by atoms with Gasteiger partial charge in [0, 0.05) is 5.56 Å². The van der Waals surface area contributed by atoms with Crippen LogP contribution in [0.25, 0.3) is 0 Å². The fourth-order valence-electron chi connectivity index (χ4n) is 0.746. The molecule has 13 heavy (non-hydrogen) atoms. The van der Waals surface area contributed by atoms with E-state index in [1.165, 1.54) is 0 Å². The van der Waals surface area contributed by atoms with E-state index in [0.29, 0.717) is 23.5 Å². The Balaban J connectivity index is 0.000000671. The molecule has 1 rings (SSSR count). The van der Waals surface area contributed by atoms with Crippen LogP contribution in [0.1, 0.15) is 10.4 Å². The van der Waals surface area contributed by atoms with Gasteiger partial charge in [0.25, 0.3) is 0 Å². The van der Waals surface area contributed by atoms with Crippen molar-refractivity contribution >= 4 is 35.0 Å². The maximum absolute atomic E-state index is 11.0. The molecule has 0 heterocycles. The second kappa shape index (κ2) is 6.84. The van der Waals surface area contributed by atoms with Gasteiger partial charge >= 0.3 is 0 Å². The van der Waals surface area contributed by atoms with Gasteiger partial charge < -0.3 is 0 Å². The van der Waals surface area contributed by atoms with Crippen LogP contribution >= 0.6 is 15.9 Å². The van der Waals surface area contributed by atoms with Gasteiger partial charge in [-0.2, -0.15) is 0 Å². The molecule has 0 N–H and O–H groups in total. The number of halogens is 2. The molecule has 0 aliphatic heterocycles. The molecule has 0 unspecified atom stereocenters. The van der Waals surface area contributed by atoms with Crippen LogP contribution in [0.3, 0.4) is 0 Å². The molecule has 0 atom stereocenters. The molecule has 0 aliphatic carbocycles. The number of carbonyl (C=O) groups is 1. The van der Waals surface area contributed by atoms with Crippen molar-refractivity contribution in [3.63, 3.8) is 0 Å².